The van der Waals surface area contributed by atoms with Gasteiger partial charge in [-0.1, -0.05) is 30.3 Å². The fraction of sp³-hybridized carbons (Fsp3) is 0.0833. The molecule has 7 nitrogen and oxygen atoms in total. The lowest BCUT2D eigenvalue weighted by Crippen LogP contribution is -2.15. The highest BCUT2D eigenvalue weighted by Crippen LogP contribution is 2.30. The summed E-state index contributed by atoms with van der Waals surface area (Å²) in [5.41, 5.74) is 1.85. The molecule has 0 atom stereocenters. The minimum atomic E-state index is -0.816. The van der Waals surface area contributed by atoms with Crippen LogP contribution in [0, 0.1) is 3.57 Å². The molecule has 0 fully saturated rings. The molecular weight excluding hydrogens is 523 g/mol. The number of benzene rings is 2. The Labute approximate surface area is 197 Å². The van der Waals surface area contributed by atoms with Gasteiger partial charge in [0.25, 0.3) is 0 Å². The summed E-state index contributed by atoms with van der Waals surface area (Å²) in [6, 6.07) is 17.9. The molecule has 2 aromatic carbocycles. The number of carbonyl (C=O) groups excluding carboxylic acids is 3. The summed E-state index contributed by atoms with van der Waals surface area (Å²) >= 11 is 2.14. The summed E-state index contributed by atoms with van der Waals surface area (Å²) in [5.74, 6) is -2.01. The number of ether oxygens (including phenoxy) is 2. The topological polar surface area (TPSA) is 87.0 Å². The van der Waals surface area contributed by atoms with Crippen molar-refractivity contribution in [2.45, 2.75) is 0 Å². The fourth-order valence-corrected chi connectivity index (χ4v) is 3.85. The van der Waals surface area contributed by atoms with E-state index in [0.717, 1.165) is 9.13 Å². The Morgan fingerprint density at radius 1 is 0.875 bits per heavy atom. The van der Waals surface area contributed by atoms with Gasteiger partial charge >= 0.3 is 11.9 Å². The van der Waals surface area contributed by atoms with Crippen molar-refractivity contribution in [2.75, 3.05) is 14.2 Å². The second-order valence-electron chi connectivity index (χ2n) is 6.81. The minimum absolute atomic E-state index is 0.0134. The summed E-state index contributed by atoms with van der Waals surface area (Å²) in [6.45, 7) is 0. The van der Waals surface area contributed by atoms with E-state index in [1.165, 1.54) is 24.9 Å². The SMILES string of the molecule is COC(=O)c1c(C(=O)OC)c2cc(-c3ccccc3)ncn2c1C(=O)c1ccc(I)cc1. The zero-order valence-electron chi connectivity index (χ0n) is 17.2. The Balaban J connectivity index is 2.05. The molecule has 4 aromatic rings. The van der Waals surface area contributed by atoms with E-state index in [-0.39, 0.29) is 16.8 Å². The van der Waals surface area contributed by atoms with E-state index in [4.69, 9.17) is 9.47 Å². The van der Waals surface area contributed by atoms with Crippen molar-refractivity contribution in [1.82, 2.24) is 9.38 Å². The van der Waals surface area contributed by atoms with Gasteiger partial charge in [0.15, 0.2) is 0 Å². The van der Waals surface area contributed by atoms with Crippen LogP contribution < -0.4 is 0 Å². The highest BCUT2D eigenvalue weighted by Gasteiger charge is 2.33. The molecule has 0 amide bonds. The molecule has 0 saturated carbocycles. The first-order valence-electron chi connectivity index (χ1n) is 9.52. The van der Waals surface area contributed by atoms with Gasteiger partial charge in [0.05, 0.1) is 25.4 Å². The molecular formula is C24H17IN2O5. The maximum Gasteiger partial charge on any atom is 0.341 e. The van der Waals surface area contributed by atoms with Crippen LogP contribution in [0.2, 0.25) is 0 Å². The molecule has 0 bridgehead atoms. The highest BCUT2D eigenvalue weighted by molar-refractivity contribution is 14.1. The molecule has 0 radical (unpaired) electrons. The highest BCUT2D eigenvalue weighted by atomic mass is 127. The molecule has 4 rings (SSSR count). The Hall–Kier alpha value is -3.53. The maximum atomic E-state index is 13.5. The van der Waals surface area contributed by atoms with Crippen LogP contribution in [-0.2, 0) is 9.47 Å². The third-order valence-electron chi connectivity index (χ3n) is 5.00. The van der Waals surface area contributed by atoms with E-state index in [9.17, 15) is 14.4 Å². The summed E-state index contributed by atoms with van der Waals surface area (Å²) in [5, 5.41) is 0. The molecule has 0 spiro atoms. The number of nitrogens with zero attached hydrogens (tertiary/aromatic N) is 2. The molecule has 2 aromatic heterocycles. The number of halogens is 1. The van der Waals surface area contributed by atoms with Gasteiger partial charge in [-0.25, -0.2) is 14.6 Å². The molecule has 0 unspecified atom stereocenters. The quantitative estimate of drug-likeness (QED) is 0.212. The molecule has 0 N–H and O–H groups in total. The number of hydrogen-bond donors (Lipinski definition) is 0. The molecule has 0 aliphatic rings. The van der Waals surface area contributed by atoms with Gasteiger partial charge in [-0.15, -0.1) is 0 Å². The van der Waals surface area contributed by atoms with E-state index in [1.807, 2.05) is 30.3 Å². The predicted molar refractivity (Wildman–Crippen MR) is 126 cm³/mol. The Morgan fingerprint density at radius 3 is 2.12 bits per heavy atom. The van der Waals surface area contributed by atoms with Gasteiger partial charge in [0.2, 0.25) is 5.78 Å². The van der Waals surface area contributed by atoms with Crippen LogP contribution in [0.25, 0.3) is 16.8 Å². The van der Waals surface area contributed by atoms with Crippen molar-refractivity contribution < 1.29 is 23.9 Å². The van der Waals surface area contributed by atoms with Crippen molar-refractivity contribution in [3.05, 3.63) is 92.9 Å². The Kier molecular flexibility index (Phi) is 6.04. The number of fused-ring (bicyclic) bond motifs is 1. The number of carbonyl (C=O) groups is 3. The summed E-state index contributed by atoms with van der Waals surface area (Å²) < 4.78 is 12.3. The van der Waals surface area contributed by atoms with Crippen LogP contribution in [0.1, 0.15) is 36.8 Å². The van der Waals surface area contributed by atoms with Crippen molar-refractivity contribution in [2.24, 2.45) is 0 Å². The van der Waals surface area contributed by atoms with Crippen molar-refractivity contribution in [3.63, 3.8) is 0 Å². The first kappa shape index (κ1) is 21.7. The molecule has 2 heterocycles. The number of methoxy groups -OCH3 is 2. The van der Waals surface area contributed by atoms with Crippen LogP contribution in [0.15, 0.2) is 67.0 Å². The van der Waals surface area contributed by atoms with E-state index < -0.39 is 17.7 Å². The van der Waals surface area contributed by atoms with Crippen LogP contribution in [-0.4, -0.2) is 41.3 Å². The van der Waals surface area contributed by atoms with E-state index in [2.05, 4.69) is 27.6 Å². The fourth-order valence-electron chi connectivity index (χ4n) is 3.49. The van der Waals surface area contributed by atoms with Crippen LogP contribution in [0.5, 0.6) is 0 Å². The molecule has 160 valence electrons. The summed E-state index contributed by atoms with van der Waals surface area (Å²) in [4.78, 5) is 43.5. The number of aromatic nitrogens is 2. The number of esters is 2. The van der Waals surface area contributed by atoms with Crippen molar-refractivity contribution >= 4 is 45.8 Å². The average Bonchev–Trinajstić information content (AvgIpc) is 3.18. The molecule has 8 heteroatoms. The number of rotatable bonds is 5. The second kappa shape index (κ2) is 8.91. The van der Waals surface area contributed by atoms with Crippen LogP contribution in [0.4, 0.5) is 0 Å². The summed E-state index contributed by atoms with van der Waals surface area (Å²) in [7, 11) is 2.41. The lowest BCUT2D eigenvalue weighted by atomic mass is 10.0. The predicted octanol–water partition coefficient (Wildman–Crippen LogP) is 4.41. The smallest absolute Gasteiger partial charge is 0.341 e. The van der Waals surface area contributed by atoms with Crippen molar-refractivity contribution in [3.8, 4) is 11.3 Å². The Bertz CT molecular complexity index is 1340. The monoisotopic (exact) mass is 540 g/mol. The van der Waals surface area contributed by atoms with Gasteiger partial charge in [0, 0.05) is 14.7 Å². The van der Waals surface area contributed by atoms with E-state index >= 15 is 0 Å². The van der Waals surface area contributed by atoms with Gasteiger partial charge in [-0.05, 0) is 52.9 Å². The normalized spacial score (nSPS) is 10.7. The molecule has 32 heavy (non-hydrogen) atoms. The maximum absolute atomic E-state index is 13.5. The number of ketones is 1. The zero-order chi connectivity index (χ0) is 22.8. The Morgan fingerprint density at radius 2 is 1.50 bits per heavy atom. The number of hydrogen-bond acceptors (Lipinski definition) is 6. The van der Waals surface area contributed by atoms with Crippen LogP contribution in [0.3, 0.4) is 0 Å². The van der Waals surface area contributed by atoms with Gasteiger partial charge in [0.1, 0.15) is 23.1 Å². The third-order valence-corrected chi connectivity index (χ3v) is 5.72. The average molecular weight is 540 g/mol. The zero-order valence-corrected chi connectivity index (χ0v) is 19.3. The van der Waals surface area contributed by atoms with Gasteiger partial charge in [-0.3, -0.25) is 9.20 Å². The van der Waals surface area contributed by atoms with Gasteiger partial charge < -0.3 is 9.47 Å². The molecule has 0 saturated heterocycles. The van der Waals surface area contributed by atoms with Crippen molar-refractivity contribution in [1.29, 1.82) is 0 Å². The van der Waals surface area contributed by atoms with Gasteiger partial charge in [-0.2, -0.15) is 0 Å². The van der Waals surface area contributed by atoms with E-state index in [0.29, 0.717) is 16.8 Å². The first-order chi connectivity index (χ1) is 15.5. The lowest BCUT2D eigenvalue weighted by molar-refractivity contribution is 0.0556. The minimum Gasteiger partial charge on any atom is -0.465 e. The molecule has 0 aliphatic heterocycles. The second-order valence-corrected chi connectivity index (χ2v) is 8.06. The summed E-state index contributed by atoms with van der Waals surface area (Å²) in [6.07, 6.45) is 1.43. The lowest BCUT2D eigenvalue weighted by Gasteiger charge is -2.06. The van der Waals surface area contributed by atoms with Crippen LogP contribution >= 0.6 is 22.6 Å². The first-order valence-corrected chi connectivity index (χ1v) is 10.6. The third kappa shape index (κ3) is 3.77. The van der Waals surface area contributed by atoms with E-state index in [1.54, 1.807) is 30.3 Å². The largest absolute Gasteiger partial charge is 0.465 e. The standard InChI is InChI=1S/C24H17IN2O5/c1-31-23(29)19-18-12-17(14-6-4-3-5-7-14)26-13-27(18)21(20(19)24(30)32-2)22(28)15-8-10-16(25)11-9-15/h3-13H,1-2H3. The molecule has 0 aliphatic carbocycles.